The van der Waals surface area contributed by atoms with Crippen LogP contribution in [0.15, 0.2) is 48.8 Å². The van der Waals surface area contributed by atoms with Crippen LogP contribution in [0.2, 0.25) is 0 Å². The van der Waals surface area contributed by atoms with E-state index in [4.69, 9.17) is 0 Å². The Hall–Kier alpha value is -4.97. The van der Waals surface area contributed by atoms with E-state index in [0.29, 0.717) is 12.1 Å². The Kier molecular flexibility index (Phi) is 9.84. The second-order valence-electron chi connectivity index (χ2n) is 9.32. The fourth-order valence-corrected chi connectivity index (χ4v) is 3.87. The zero-order valence-corrected chi connectivity index (χ0v) is 22.7. The minimum absolute atomic E-state index is 0.0578. The lowest BCUT2D eigenvalue weighted by atomic mass is 10.1. The highest BCUT2D eigenvalue weighted by atomic mass is 19.3. The Morgan fingerprint density at radius 2 is 1.18 bits per heavy atom. The van der Waals surface area contributed by atoms with Gasteiger partial charge in [0.2, 0.25) is 5.82 Å². The van der Waals surface area contributed by atoms with Gasteiger partial charge in [-0.15, -0.1) is 0 Å². The number of aryl methyl sites for hydroxylation is 1. The predicted molar refractivity (Wildman–Crippen MR) is 141 cm³/mol. The molecule has 0 fully saturated rings. The molecule has 0 amide bonds. The summed E-state index contributed by atoms with van der Waals surface area (Å²) in [5, 5.41) is 0. The van der Waals surface area contributed by atoms with Crippen molar-refractivity contribution in [2.75, 3.05) is 0 Å². The van der Waals surface area contributed by atoms with Crippen molar-refractivity contribution in [1.29, 1.82) is 0 Å². The number of hydrogen-bond donors (Lipinski definition) is 0. The van der Waals surface area contributed by atoms with Crippen LogP contribution in [0.5, 0.6) is 5.75 Å². The summed E-state index contributed by atoms with van der Waals surface area (Å²) >= 11 is 0. The molecular formula is C32H19F9N2O. The molecule has 44 heavy (non-hydrogen) atoms. The molecule has 0 spiro atoms. The monoisotopic (exact) mass is 618 g/mol. The molecule has 3 nitrogen and oxygen atoms in total. The fraction of sp³-hybridized carbons (Fsp3) is 0.188. The summed E-state index contributed by atoms with van der Waals surface area (Å²) in [4.78, 5) is 8.22. The van der Waals surface area contributed by atoms with Crippen molar-refractivity contribution in [3.8, 4) is 29.4 Å². The Morgan fingerprint density at radius 1 is 0.659 bits per heavy atom. The third kappa shape index (κ3) is 7.70. The summed E-state index contributed by atoms with van der Waals surface area (Å²) in [7, 11) is 0. The molecule has 0 aliphatic heterocycles. The van der Waals surface area contributed by atoms with E-state index in [0.717, 1.165) is 43.4 Å². The van der Waals surface area contributed by atoms with Gasteiger partial charge in [-0.3, -0.25) is 0 Å². The molecule has 1 heterocycles. The summed E-state index contributed by atoms with van der Waals surface area (Å²) in [6, 6.07) is 2.51. The van der Waals surface area contributed by atoms with Crippen LogP contribution in [0.3, 0.4) is 0 Å². The van der Waals surface area contributed by atoms with E-state index in [9.17, 15) is 39.5 Å². The van der Waals surface area contributed by atoms with Gasteiger partial charge in [0.15, 0.2) is 17.5 Å². The second kappa shape index (κ2) is 13.6. The predicted octanol–water partition coefficient (Wildman–Crippen LogP) is 8.11. The van der Waals surface area contributed by atoms with Crippen molar-refractivity contribution >= 4 is 0 Å². The Bertz CT molecular complexity index is 1750. The van der Waals surface area contributed by atoms with Crippen molar-refractivity contribution in [2.45, 2.75) is 38.7 Å². The molecule has 0 radical (unpaired) electrons. The van der Waals surface area contributed by atoms with Gasteiger partial charge < -0.3 is 4.74 Å². The van der Waals surface area contributed by atoms with E-state index in [-0.39, 0.29) is 23.5 Å². The SMILES string of the molecule is CCCCCc1cnc(C#Cc2cc(F)c(C#Cc3cc(F)c(C(F)(F)Oc4cc(F)c(F)c(F)c4)c(F)c3)c(F)c2)nc1. The summed E-state index contributed by atoms with van der Waals surface area (Å²) in [6.07, 6.45) is 2.37. The standard InChI is InChI=1S/C32H19F9N2O/c1-2-3-4-5-20-16-42-29(43-17-20)9-7-19-10-23(33)22(24(34)11-19)8-6-18-12-25(35)30(26(36)13-18)32(40,41)44-21-14-27(37)31(39)28(38)15-21/h10-17H,2-5H2,1H3. The van der Waals surface area contributed by atoms with Gasteiger partial charge >= 0.3 is 6.11 Å². The maximum Gasteiger partial charge on any atom is 0.432 e. The molecule has 0 atom stereocenters. The van der Waals surface area contributed by atoms with E-state index in [2.05, 4.69) is 45.3 Å². The molecular weight excluding hydrogens is 599 g/mol. The fourth-order valence-electron chi connectivity index (χ4n) is 3.87. The van der Waals surface area contributed by atoms with Gasteiger partial charge in [0.1, 0.15) is 34.6 Å². The minimum atomic E-state index is -4.81. The number of rotatable bonds is 7. The minimum Gasteiger partial charge on any atom is -0.429 e. The smallest absolute Gasteiger partial charge is 0.429 e. The molecule has 1 aromatic heterocycles. The van der Waals surface area contributed by atoms with Gasteiger partial charge in [-0.1, -0.05) is 37.5 Å². The first kappa shape index (κ1) is 32.0. The van der Waals surface area contributed by atoms with E-state index < -0.39 is 69.3 Å². The molecule has 12 heteroatoms. The number of nitrogens with zero attached hydrogens (tertiary/aromatic N) is 2. The van der Waals surface area contributed by atoms with E-state index in [1.54, 1.807) is 12.4 Å². The highest BCUT2D eigenvalue weighted by molar-refractivity contribution is 5.49. The topological polar surface area (TPSA) is 35.0 Å². The average Bonchev–Trinajstić information content (AvgIpc) is 2.94. The van der Waals surface area contributed by atoms with Crippen LogP contribution in [0, 0.1) is 64.4 Å². The van der Waals surface area contributed by atoms with Crippen molar-refractivity contribution in [3.63, 3.8) is 0 Å². The van der Waals surface area contributed by atoms with Crippen LogP contribution in [0.25, 0.3) is 0 Å². The van der Waals surface area contributed by atoms with Gasteiger partial charge in [-0.25, -0.2) is 40.7 Å². The second-order valence-corrected chi connectivity index (χ2v) is 9.32. The van der Waals surface area contributed by atoms with Gasteiger partial charge in [0, 0.05) is 35.7 Å². The first-order valence-corrected chi connectivity index (χ1v) is 12.9. The molecule has 4 aromatic rings. The van der Waals surface area contributed by atoms with Crippen molar-refractivity contribution in [2.24, 2.45) is 0 Å². The summed E-state index contributed by atoms with van der Waals surface area (Å²) in [5.41, 5.74) is -2.48. The molecule has 0 aliphatic rings. The van der Waals surface area contributed by atoms with E-state index >= 15 is 0 Å². The molecule has 0 bridgehead atoms. The zero-order valence-electron chi connectivity index (χ0n) is 22.7. The largest absolute Gasteiger partial charge is 0.432 e. The van der Waals surface area contributed by atoms with Crippen molar-refractivity contribution in [1.82, 2.24) is 9.97 Å². The highest BCUT2D eigenvalue weighted by Gasteiger charge is 2.41. The van der Waals surface area contributed by atoms with Crippen LogP contribution < -0.4 is 4.74 Å². The summed E-state index contributed by atoms with van der Waals surface area (Å²) in [6.45, 7) is 2.09. The lowest BCUT2D eigenvalue weighted by Gasteiger charge is -2.19. The molecule has 0 saturated heterocycles. The lowest BCUT2D eigenvalue weighted by molar-refractivity contribution is -0.189. The van der Waals surface area contributed by atoms with Gasteiger partial charge in [-0.2, -0.15) is 8.78 Å². The number of benzene rings is 3. The molecule has 226 valence electrons. The maximum atomic E-state index is 14.6. The average molecular weight is 618 g/mol. The number of ether oxygens (including phenoxy) is 1. The van der Waals surface area contributed by atoms with Gasteiger partial charge in [0.05, 0.1) is 5.56 Å². The van der Waals surface area contributed by atoms with Gasteiger partial charge in [-0.05, 0) is 48.6 Å². The van der Waals surface area contributed by atoms with Crippen LogP contribution in [-0.4, -0.2) is 9.97 Å². The number of halogens is 9. The first-order chi connectivity index (χ1) is 20.9. The van der Waals surface area contributed by atoms with E-state index in [1.807, 2.05) is 0 Å². The number of hydrogen-bond acceptors (Lipinski definition) is 3. The van der Waals surface area contributed by atoms with Crippen LogP contribution >= 0.6 is 0 Å². The molecule has 0 aliphatic carbocycles. The summed E-state index contributed by atoms with van der Waals surface area (Å²) < 4.78 is 131. The maximum absolute atomic E-state index is 14.6. The van der Waals surface area contributed by atoms with Crippen LogP contribution in [0.4, 0.5) is 39.5 Å². The Balaban J connectivity index is 1.52. The van der Waals surface area contributed by atoms with Gasteiger partial charge in [0.25, 0.3) is 0 Å². The van der Waals surface area contributed by atoms with Crippen molar-refractivity contribution < 1.29 is 44.3 Å². The van der Waals surface area contributed by atoms with Crippen LogP contribution in [-0.2, 0) is 12.5 Å². The van der Waals surface area contributed by atoms with Crippen LogP contribution in [0.1, 0.15) is 59.8 Å². The first-order valence-electron chi connectivity index (χ1n) is 12.9. The Labute approximate surface area is 245 Å². The molecule has 0 saturated carbocycles. The molecule has 0 unspecified atom stereocenters. The third-order valence-corrected chi connectivity index (χ3v) is 6.00. The highest BCUT2D eigenvalue weighted by Crippen LogP contribution is 2.36. The van der Waals surface area contributed by atoms with E-state index in [1.165, 1.54) is 0 Å². The summed E-state index contributed by atoms with van der Waals surface area (Å²) in [5.74, 6) is -3.70. The lowest BCUT2D eigenvalue weighted by Crippen LogP contribution is -2.25. The molecule has 4 rings (SSSR count). The normalized spacial score (nSPS) is 11.0. The molecule has 0 N–H and O–H groups in total. The number of aromatic nitrogens is 2. The van der Waals surface area contributed by atoms with Crippen molar-refractivity contribution in [3.05, 3.63) is 123 Å². The Morgan fingerprint density at radius 3 is 1.73 bits per heavy atom. The zero-order chi connectivity index (χ0) is 32.0. The number of alkyl halides is 2. The third-order valence-electron chi connectivity index (χ3n) is 6.00. The number of unbranched alkanes of at least 4 members (excludes halogenated alkanes) is 2. The molecule has 3 aromatic carbocycles. The quantitative estimate of drug-likeness (QED) is 0.0909.